The van der Waals surface area contributed by atoms with Gasteiger partial charge in [0.15, 0.2) is 5.96 Å². The van der Waals surface area contributed by atoms with Gasteiger partial charge in [-0.15, -0.1) is 0 Å². The van der Waals surface area contributed by atoms with E-state index in [-0.39, 0.29) is 6.10 Å². The summed E-state index contributed by atoms with van der Waals surface area (Å²) in [5, 5.41) is 12.9. The Balaban J connectivity index is 1.69. The Morgan fingerprint density at radius 3 is 2.96 bits per heavy atom. The molecular formula is C17H22N4O2. The minimum absolute atomic E-state index is 0.268. The molecule has 6 heteroatoms. The van der Waals surface area contributed by atoms with E-state index in [2.05, 4.69) is 20.2 Å². The first kappa shape index (κ1) is 15.6. The Morgan fingerprint density at radius 1 is 1.43 bits per heavy atom. The molecular weight excluding hydrogens is 292 g/mol. The van der Waals surface area contributed by atoms with Gasteiger partial charge in [0.05, 0.1) is 12.6 Å². The van der Waals surface area contributed by atoms with Crippen LogP contribution in [0.25, 0.3) is 11.5 Å². The van der Waals surface area contributed by atoms with E-state index in [1.807, 2.05) is 37.3 Å². The molecule has 23 heavy (non-hydrogen) atoms. The molecule has 1 atom stereocenters. The van der Waals surface area contributed by atoms with Crippen LogP contribution in [0.5, 0.6) is 0 Å². The molecule has 2 heterocycles. The van der Waals surface area contributed by atoms with Gasteiger partial charge < -0.3 is 19.7 Å². The SMILES string of the molecule is CCNC(=NCc1coc(-c2ccccc2)n1)N1CC[C@@H](O)C1. The molecule has 0 amide bonds. The van der Waals surface area contributed by atoms with E-state index in [1.54, 1.807) is 6.26 Å². The summed E-state index contributed by atoms with van der Waals surface area (Å²) in [6, 6.07) is 9.81. The second-order valence-electron chi connectivity index (χ2n) is 5.57. The highest BCUT2D eigenvalue weighted by Gasteiger charge is 2.22. The maximum atomic E-state index is 9.68. The van der Waals surface area contributed by atoms with Gasteiger partial charge in [-0.25, -0.2) is 9.98 Å². The zero-order valence-corrected chi connectivity index (χ0v) is 13.3. The molecule has 1 saturated heterocycles. The van der Waals surface area contributed by atoms with Crippen LogP contribution in [-0.4, -0.2) is 46.7 Å². The van der Waals surface area contributed by atoms with Crippen molar-refractivity contribution in [2.24, 2.45) is 4.99 Å². The fourth-order valence-electron chi connectivity index (χ4n) is 2.61. The van der Waals surface area contributed by atoms with Crippen molar-refractivity contribution in [1.29, 1.82) is 0 Å². The molecule has 2 N–H and O–H groups in total. The van der Waals surface area contributed by atoms with Crippen molar-refractivity contribution in [3.63, 3.8) is 0 Å². The van der Waals surface area contributed by atoms with Gasteiger partial charge >= 0.3 is 0 Å². The summed E-state index contributed by atoms with van der Waals surface area (Å²) in [5.74, 6) is 1.42. The van der Waals surface area contributed by atoms with E-state index in [9.17, 15) is 5.11 Å². The fraction of sp³-hybridized carbons (Fsp3) is 0.412. The van der Waals surface area contributed by atoms with Crippen LogP contribution in [0.4, 0.5) is 0 Å². The molecule has 0 unspecified atom stereocenters. The number of nitrogens with one attached hydrogen (secondary N) is 1. The van der Waals surface area contributed by atoms with E-state index in [1.165, 1.54) is 0 Å². The van der Waals surface area contributed by atoms with Crippen LogP contribution in [0, 0.1) is 0 Å². The first-order valence-electron chi connectivity index (χ1n) is 7.97. The molecule has 1 aromatic carbocycles. The molecule has 1 aromatic heterocycles. The largest absolute Gasteiger partial charge is 0.444 e. The molecule has 1 aliphatic rings. The predicted octanol–water partition coefficient (Wildman–Crippen LogP) is 1.87. The van der Waals surface area contributed by atoms with Crippen molar-refractivity contribution in [2.45, 2.75) is 26.0 Å². The van der Waals surface area contributed by atoms with Crippen LogP contribution < -0.4 is 5.32 Å². The van der Waals surface area contributed by atoms with Gasteiger partial charge in [0.1, 0.15) is 12.0 Å². The average molecular weight is 314 g/mol. The first-order valence-corrected chi connectivity index (χ1v) is 7.97. The van der Waals surface area contributed by atoms with Gasteiger partial charge in [-0.2, -0.15) is 0 Å². The molecule has 1 fully saturated rings. The number of aliphatic hydroxyl groups is 1. The minimum atomic E-state index is -0.268. The summed E-state index contributed by atoms with van der Waals surface area (Å²) >= 11 is 0. The van der Waals surface area contributed by atoms with Crippen molar-refractivity contribution < 1.29 is 9.52 Å². The maximum Gasteiger partial charge on any atom is 0.226 e. The van der Waals surface area contributed by atoms with E-state index in [4.69, 9.17) is 4.42 Å². The molecule has 6 nitrogen and oxygen atoms in total. The number of aromatic nitrogens is 1. The molecule has 122 valence electrons. The lowest BCUT2D eigenvalue weighted by molar-refractivity contribution is 0.188. The number of hydrogen-bond donors (Lipinski definition) is 2. The molecule has 2 aromatic rings. The Labute approximate surface area is 135 Å². The number of aliphatic hydroxyl groups excluding tert-OH is 1. The van der Waals surface area contributed by atoms with Crippen molar-refractivity contribution >= 4 is 5.96 Å². The quantitative estimate of drug-likeness (QED) is 0.666. The van der Waals surface area contributed by atoms with Gasteiger partial charge in [-0.05, 0) is 25.5 Å². The summed E-state index contributed by atoms with van der Waals surface area (Å²) in [7, 11) is 0. The maximum absolute atomic E-state index is 9.68. The third-order valence-corrected chi connectivity index (χ3v) is 3.76. The van der Waals surface area contributed by atoms with Crippen LogP contribution in [-0.2, 0) is 6.54 Å². The lowest BCUT2D eigenvalue weighted by atomic mass is 10.2. The minimum Gasteiger partial charge on any atom is -0.444 e. The van der Waals surface area contributed by atoms with Crippen molar-refractivity contribution in [2.75, 3.05) is 19.6 Å². The van der Waals surface area contributed by atoms with Crippen molar-refractivity contribution in [1.82, 2.24) is 15.2 Å². The van der Waals surface area contributed by atoms with E-state index in [0.717, 1.165) is 36.7 Å². The van der Waals surface area contributed by atoms with Gasteiger partial charge in [0.2, 0.25) is 5.89 Å². The summed E-state index contributed by atoms with van der Waals surface area (Å²) in [4.78, 5) is 11.2. The zero-order chi connectivity index (χ0) is 16.1. The number of guanidine groups is 1. The molecule has 0 aliphatic carbocycles. The molecule has 0 spiro atoms. The Bertz CT molecular complexity index is 654. The second kappa shape index (κ2) is 7.28. The molecule has 0 radical (unpaired) electrons. The summed E-state index contributed by atoms with van der Waals surface area (Å²) in [6.45, 7) is 4.72. The standard InChI is InChI=1S/C17H22N4O2/c1-2-18-17(21-9-8-15(22)11-21)19-10-14-12-23-16(20-14)13-6-4-3-5-7-13/h3-7,12,15,22H,2,8-11H2,1H3,(H,18,19)/t15-/m1/s1. The Hall–Kier alpha value is -2.34. The lowest BCUT2D eigenvalue weighted by Crippen LogP contribution is -2.40. The average Bonchev–Trinajstić information content (AvgIpc) is 3.21. The fourth-order valence-corrected chi connectivity index (χ4v) is 2.61. The summed E-state index contributed by atoms with van der Waals surface area (Å²) in [6.07, 6.45) is 2.16. The number of rotatable bonds is 4. The van der Waals surface area contributed by atoms with E-state index < -0.39 is 0 Å². The van der Waals surface area contributed by atoms with E-state index in [0.29, 0.717) is 19.0 Å². The van der Waals surface area contributed by atoms with Crippen LogP contribution >= 0.6 is 0 Å². The molecule has 3 rings (SSSR count). The number of β-amino-alcohol motifs (C(OH)–C–C–N with tert-alkyl or cyclic N) is 1. The highest BCUT2D eigenvalue weighted by Crippen LogP contribution is 2.18. The normalized spacial score (nSPS) is 18.4. The van der Waals surface area contributed by atoms with Crippen LogP contribution in [0.15, 0.2) is 46.0 Å². The van der Waals surface area contributed by atoms with Crippen LogP contribution in [0.2, 0.25) is 0 Å². The van der Waals surface area contributed by atoms with Crippen molar-refractivity contribution in [3.05, 3.63) is 42.3 Å². The molecule has 1 aliphatic heterocycles. The highest BCUT2D eigenvalue weighted by molar-refractivity contribution is 5.80. The molecule has 0 saturated carbocycles. The second-order valence-corrected chi connectivity index (χ2v) is 5.57. The summed E-state index contributed by atoms with van der Waals surface area (Å²) in [5.41, 5.74) is 1.75. The number of oxazole rings is 1. The highest BCUT2D eigenvalue weighted by atomic mass is 16.3. The Morgan fingerprint density at radius 2 is 2.26 bits per heavy atom. The number of likely N-dealkylation sites (tertiary alicyclic amines) is 1. The van der Waals surface area contributed by atoms with Crippen molar-refractivity contribution in [3.8, 4) is 11.5 Å². The first-order chi connectivity index (χ1) is 11.3. The zero-order valence-electron chi connectivity index (χ0n) is 13.3. The predicted molar refractivity (Wildman–Crippen MR) is 89.0 cm³/mol. The van der Waals surface area contributed by atoms with Crippen LogP contribution in [0.1, 0.15) is 19.0 Å². The lowest BCUT2D eigenvalue weighted by Gasteiger charge is -2.20. The van der Waals surface area contributed by atoms with E-state index >= 15 is 0 Å². The van der Waals surface area contributed by atoms with Gasteiger partial charge in [-0.1, -0.05) is 18.2 Å². The third-order valence-electron chi connectivity index (χ3n) is 3.76. The van der Waals surface area contributed by atoms with Gasteiger partial charge in [0, 0.05) is 25.2 Å². The number of nitrogens with zero attached hydrogens (tertiary/aromatic N) is 3. The monoisotopic (exact) mass is 314 g/mol. The topological polar surface area (TPSA) is 73.9 Å². The third kappa shape index (κ3) is 3.90. The number of aliphatic imine (C=N–C) groups is 1. The smallest absolute Gasteiger partial charge is 0.226 e. The van der Waals surface area contributed by atoms with Gasteiger partial charge in [-0.3, -0.25) is 0 Å². The van der Waals surface area contributed by atoms with Gasteiger partial charge in [0.25, 0.3) is 0 Å². The van der Waals surface area contributed by atoms with Crippen LogP contribution in [0.3, 0.4) is 0 Å². The Kier molecular flexibility index (Phi) is 4.92. The summed E-state index contributed by atoms with van der Waals surface area (Å²) < 4.78 is 5.53. The number of hydrogen-bond acceptors (Lipinski definition) is 4. The number of benzene rings is 1. The molecule has 0 bridgehead atoms.